The van der Waals surface area contributed by atoms with Gasteiger partial charge in [-0.2, -0.15) is 0 Å². The number of ketones is 1. The molecule has 1 aliphatic rings. The van der Waals surface area contributed by atoms with Crippen molar-refractivity contribution in [2.24, 2.45) is 0 Å². The number of nitrogens with one attached hydrogen (secondary N) is 1. The molecular formula is C25H26N2O5. The number of Topliss-reactive ketones (excluding diaryl/α,β-unsaturated/α-hetero) is 1. The standard InChI is InChI=1S/C25H26N2O5/c1-4-31-24(29)22-15(3)26-14(2)21(22)20(28)13-32-25(30)23-16-9-5-7-11-18(16)27-19-12-8-6-10-17(19)23/h5,7,9,11,26H,4,6,8,10,12-13H2,1-3H3. The fraction of sp³-hybridized carbons (Fsp3) is 0.360. The average Bonchev–Trinajstić information content (AvgIpc) is 3.09. The molecule has 0 saturated carbocycles. The molecule has 3 aromatic rings. The Morgan fingerprint density at radius 1 is 0.938 bits per heavy atom. The summed E-state index contributed by atoms with van der Waals surface area (Å²) in [5.74, 6) is -1.56. The Bertz CT molecular complexity index is 1220. The number of aromatic nitrogens is 2. The lowest BCUT2D eigenvalue weighted by Crippen LogP contribution is -2.20. The van der Waals surface area contributed by atoms with Crippen molar-refractivity contribution in [3.05, 3.63) is 63.6 Å². The van der Waals surface area contributed by atoms with Gasteiger partial charge < -0.3 is 14.5 Å². The van der Waals surface area contributed by atoms with Gasteiger partial charge in [-0.1, -0.05) is 18.2 Å². The van der Waals surface area contributed by atoms with Crippen LogP contribution in [0.3, 0.4) is 0 Å². The highest BCUT2D eigenvalue weighted by Crippen LogP contribution is 2.30. The smallest absolute Gasteiger partial charge is 0.340 e. The van der Waals surface area contributed by atoms with Gasteiger partial charge in [0.15, 0.2) is 6.61 Å². The van der Waals surface area contributed by atoms with Crippen molar-refractivity contribution in [1.29, 1.82) is 0 Å². The van der Waals surface area contributed by atoms with Crippen LogP contribution in [0.15, 0.2) is 24.3 Å². The van der Waals surface area contributed by atoms with Gasteiger partial charge in [-0.05, 0) is 58.1 Å². The zero-order chi connectivity index (χ0) is 22.8. The molecule has 0 atom stereocenters. The number of para-hydroxylation sites is 1. The van der Waals surface area contributed by atoms with E-state index in [0.717, 1.165) is 47.8 Å². The van der Waals surface area contributed by atoms with Crippen molar-refractivity contribution in [1.82, 2.24) is 9.97 Å². The Kier molecular flexibility index (Phi) is 6.08. The van der Waals surface area contributed by atoms with Crippen LogP contribution < -0.4 is 0 Å². The molecule has 1 aromatic carbocycles. The molecule has 7 heteroatoms. The molecule has 1 N–H and O–H groups in total. The number of fused-ring (bicyclic) bond motifs is 2. The largest absolute Gasteiger partial charge is 0.462 e. The summed E-state index contributed by atoms with van der Waals surface area (Å²) in [6.07, 6.45) is 3.60. The van der Waals surface area contributed by atoms with E-state index in [0.29, 0.717) is 17.0 Å². The Hall–Kier alpha value is -3.48. The van der Waals surface area contributed by atoms with Crippen molar-refractivity contribution in [3.8, 4) is 0 Å². The molecule has 1 aliphatic carbocycles. The van der Waals surface area contributed by atoms with Gasteiger partial charge in [0.2, 0.25) is 5.78 Å². The molecule has 0 aliphatic heterocycles. The van der Waals surface area contributed by atoms with Gasteiger partial charge in [-0.25, -0.2) is 9.59 Å². The van der Waals surface area contributed by atoms with Gasteiger partial charge in [0.25, 0.3) is 0 Å². The number of hydrogen-bond donors (Lipinski definition) is 1. The third kappa shape index (κ3) is 3.90. The molecule has 7 nitrogen and oxygen atoms in total. The van der Waals surface area contributed by atoms with E-state index in [-0.39, 0.29) is 17.7 Å². The predicted octanol–water partition coefficient (Wildman–Crippen LogP) is 4.27. The third-order valence-electron chi connectivity index (χ3n) is 5.84. The summed E-state index contributed by atoms with van der Waals surface area (Å²) < 4.78 is 10.6. The van der Waals surface area contributed by atoms with E-state index in [1.807, 2.05) is 24.3 Å². The Morgan fingerprint density at radius 2 is 1.62 bits per heavy atom. The van der Waals surface area contributed by atoms with Gasteiger partial charge >= 0.3 is 11.9 Å². The number of benzene rings is 1. The van der Waals surface area contributed by atoms with Gasteiger partial charge in [0.05, 0.1) is 28.8 Å². The summed E-state index contributed by atoms with van der Waals surface area (Å²) in [6, 6.07) is 7.48. The molecule has 0 radical (unpaired) electrons. The quantitative estimate of drug-likeness (QED) is 0.459. The van der Waals surface area contributed by atoms with Crippen LogP contribution in [-0.2, 0) is 22.3 Å². The zero-order valence-electron chi connectivity index (χ0n) is 18.5. The number of carbonyl (C=O) groups is 3. The maximum absolute atomic E-state index is 13.2. The zero-order valence-corrected chi connectivity index (χ0v) is 18.5. The van der Waals surface area contributed by atoms with Crippen LogP contribution in [-0.4, -0.2) is 40.9 Å². The molecule has 2 aromatic heterocycles. The van der Waals surface area contributed by atoms with E-state index in [1.54, 1.807) is 20.8 Å². The molecule has 0 bridgehead atoms. The van der Waals surface area contributed by atoms with Crippen LogP contribution in [0, 0.1) is 13.8 Å². The molecule has 0 unspecified atom stereocenters. The van der Waals surface area contributed by atoms with Crippen LogP contribution >= 0.6 is 0 Å². The number of nitrogens with zero attached hydrogens (tertiary/aromatic N) is 1. The first kappa shape index (κ1) is 21.7. The highest BCUT2D eigenvalue weighted by molar-refractivity contribution is 6.10. The lowest BCUT2D eigenvalue weighted by molar-refractivity contribution is 0.0472. The first-order valence-corrected chi connectivity index (χ1v) is 10.9. The second-order valence-electron chi connectivity index (χ2n) is 7.98. The predicted molar refractivity (Wildman–Crippen MR) is 119 cm³/mol. The fourth-order valence-corrected chi connectivity index (χ4v) is 4.47. The minimum atomic E-state index is -0.571. The number of pyridine rings is 1. The lowest BCUT2D eigenvalue weighted by atomic mass is 9.90. The van der Waals surface area contributed by atoms with Crippen LogP contribution in [0.4, 0.5) is 0 Å². The van der Waals surface area contributed by atoms with E-state index in [2.05, 4.69) is 4.98 Å². The highest BCUT2D eigenvalue weighted by Gasteiger charge is 2.28. The number of aromatic amines is 1. The van der Waals surface area contributed by atoms with E-state index in [1.165, 1.54) is 0 Å². The van der Waals surface area contributed by atoms with Crippen molar-refractivity contribution in [3.63, 3.8) is 0 Å². The first-order chi connectivity index (χ1) is 15.4. The summed E-state index contributed by atoms with van der Waals surface area (Å²) in [4.78, 5) is 46.3. The molecule has 166 valence electrons. The highest BCUT2D eigenvalue weighted by atomic mass is 16.5. The van der Waals surface area contributed by atoms with Gasteiger partial charge in [-0.15, -0.1) is 0 Å². The van der Waals surface area contributed by atoms with E-state index in [9.17, 15) is 14.4 Å². The molecule has 0 amide bonds. The summed E-state index contributed by atoms with van der Waals surface area (Å²) in [6.45, 7) is 4.85. The Morgan fingerprint density at radius 3 is 2.41 bits per heavy atom. The molecule has 0 fully saturated rings. The van der Waals surface area contributed by atoms with Crippen molar-refractivity contribution >= 4 is 28.6 Å². The Labute approximate surface area is 186 Å². The number of aryl methyl sites for hydroxylation is 3. The summed E-state index contributed by atoms with van der Waals surface area (Å²) >= 11 is 0. The number of rotatable bonds is 6. The lowest BCUT2D eigenvalue weighted by Gasteiger charge is -2.19. The van der Waals surface area contributed by atoms with Crippen LogP contribution in [0.25, 0.3) is 10.9 Å². The second-order valence-corrected chi connectivity index (χ2v) is 7.98. The van der Waals surface area contributed by atoms with Gasteiger partial charge in [0, 0.05) is 22.5 Å². The topological polar surface area (TPSA) is 98.4 Å². The normalized spacial score (nSPS) is 13.0. The number of carbonyl (C=O) groups excluding carboxylic acids is 3. The molecule has 0 spiro atoms. The summed E-state index contributed by atoms with van der Waals surface area (Å²) in [5, 5.41) is 0.728. The second kappa shape index (κ2) is 8.94. The number of H-pyrrole nitrogens is 1. The molecule has 2 heterocycles. The van der Waals surface area contributed by atoms with Gasteiger partial charge in [-0.3, -0.25) is 9.78 Å². The third-order valence-corrected chi connectivity index (χ3v) is 5.84. The average molecular weight is 434 g/mol. The monoisotopic (exact) mass is 434 g/mol. The van der Waals surface area contributed by atoms with E-state index < -0.39 is 24.3 Å². The maximum Gasteiger partial charge on any atom is 0.340 e. The summed E-state index contributed by atoms with van der Waals surface area (Å²) in [7, 11) is 0. The van der Waals surface area contributed by atoms with Crippen LogP contribution in [0.1, 0.15) is 73.5 Å². The minimum absolute atomic E-state index is 0.192. The van der Waals surface area contributed by atoms with E-state index >= 15 is 0 Å². The Balaban J connectivity index is 1.63. The molecule has 0 saturated heterocycles. The SMILES string of the molecule is CCOC(=O)c1c(C)[nH]c(C)c1C(=O)COC(=O)c1c2c(nc3ccccc13)CCCC2. The molecular weight excluding hydrogens is 408 g/mol. The van der Waals surface area contributed by atoms with Crippen LogP contribution in [0.2, 0.25) is 0 Å². The van der Waals surface area contributed by atoms with Crippen molar-refractivity contribution < 1.29 is 23.9 Å². The van der Waals surface area contributed by atoms with Crippen molar-refractivity contribution in [2.45, 2.75) is 46.5 Å². The number of hydrogen-bond acceptors (Lipinski definition) is 6. The molecule has 32 heavy (non-hydrogen) atoms. The van der Waals surface area contributed by atoms with Crippen LogP contribution in [0.5, 0.6) is 0 Å². The molecule has 4 rings (SSSR count). The fourth-order valence-electron chi connectivity index (χ4n) is 4.47. The maximum atomic E-state index is 13.2. The number of ether oxygens (including phenoxy) is 2. The minimum Gasteiger partial charge on any atom is -0.462 e. The van der Waals surface area contributed by atoms with Crippen molar-refractivity contribution in [2.75, 3.05) is 13.2 Å². The summed E-state index contributed by atoms with van der Waals surface area (Å²) in [5.41, 5.74) is 4.55. The van der Waals surface area contributed by atoms with E-state index in [4.69, 9.17) is 14.5 Å². The first-order valence-electron chi connectivity index (χ1n) is 10.9. The number of esters is 2. The van der Waals surface area contributed by atoms with Gasteiger partial charge in [0.1, 0.15) is 0 Å².